The predicted molar refractivity (Wildman–Crippen MR) is 165 cm³/mol. The van der Waals surface area contributed by atoms with Gasteiger partial charge >= 0.3 is 5.97 Å². The Labute approximate surface area is 251 Å². The lowest BCUT2D eigenvalue weighted by atomic mass is 10.0. The van der Waals surface area contributed by atoms with E-state index in [0.717, 1.165) is 22.2 Å². The minimum atomic E-state index is -1.06. The van der Waals surface area contributed by atoms with Crippen molar-refractivity contribution in [1.29, 1.82) is 0 Å². The zero-order valence-corrected chi connectivity index (χ0v) is 23.7. The number of carboxylic acid groups (broad SMARTS) is 1. The second-order valence-corrected chi connectivity index (χ2v) is 10.6. The first kappa shape index (κ1) is 27.4. The number of hydrogen-bond donors (Lipinski definition) is 3. The molecular weight excluding hydrogens is 572 g/mol. The van der Waals surface area contributed by atoms with Crippen LogP contribution in [0, 0.1) is 0 Å². The third-order valence-corrected chi connectivity index (χ3v) is 7.92. The van der Waals surface area contributed by atoms with Crippen molar-refractivity contribution in [3.8, 4) is 11.3 Å². The standard InChI is InChI=1S/C32H25ClN4O4S/c33-23-12-11-20(31(39)40)18-22(23)26-13-14-27(41-26)30-29(25-9-3-4-16-34-25)36-32(42)37(30)17-15-28(38)35-24-10-5-7-19-6-1-2-8-21(19)24/h1-14,16,18,29-30H,15,17H2,(H,35,38)(H,36,42)(H,39,40). The van der Waals surface area contributed by atoms with E-state index in [0.29, 0.717) is 33.8 Å². The molecule has 2 atom stereocenters. The third kappa shape index (κ3) is 5.44. The number of rotatable bonds is 8. The topological polar surface area (TPSA) is 108 Å². The van der Waals surface area contributed by atoms with E-state index in [1.807, 2.05) is 71.6 Å². The second kappa shape index (κ2) is 11.6. The Morgan fingerprint density at radius 3 is 2.64 bits per heavy atom. The van der Waals surface area contributed by atoms with Crippen LogP contribution in [0.5, 0.6) is 0 Å². The highest BCUT2D eigenvalue weighted by Crippen LogP contribution is 2.41. The normalized spacial score (nSPS) is 16.4. The molecule has 1 aliphatic heterocycles. The van der Waals surface area contributed by atoms with Gasteiger partial charge in [-0.15, -0.1) is 0 Å². The van der Waals surface area contributed by atoms with E-state index < -0.39 is 12.0 Å². The molecule has 1 amide bonds. The van der Waals surface area contributed by atoms with Crippen molar-refractivity contribution in [2.75, 3.05) is 11.9 Å². The number of pyridine rings is 1. The molecule has 5 aromatic rings. The van der Waals surface area contributed by atoms with Crippen LogP contribution in [0.4, 0.5) is 5.69 Å². The summed E-state index contributed by atoms with van der Waals surface area (Å²) in [7, 11) is 0. The van der Waals surface area contributed by atoms with E-state index in [4.69, 9.17) is 28.2 Å². The molecule has 3 N–H and O–H groups in total. The van der Waals surface area contributed by atoms with Crippen molar-refractivity contribution in [2.45, 2.75) is 18.5 Å². The van der Waals surface area contributed by atoms with Crippen molar-refractivity contribution in [1.82, 2.24) is 15.2 Å². The minimum absolute atomic E-state index is 0.0984. The Morgan fingerprint density at radius 1 is 1.02 bits per heavy atom. The van der Waals surface area contributed by atoms with E-state index >= 15 is 0 Å². The average molecular weight is 597 g/mol. The Kier molecular flexibility index (Phi) is 7.60. The number of benzene rings is 3. The Hall–Kier alpha value is -4.73. The molecular formula is C32H25ClN4O4S. The van der Waals surface area contributed by atoms with Crippen LogP contribution in [0.1, 0.15) is 40.3 Å². The molecule has 0 radical (unpaired) electrons. The highest BCUT2D eigenvalue weighted by atomic mass is 35.5. The molecule has 1 aliphatic rings. The predicted octanol–water partition coefficient (Wildman–Crippen LogP) is 6.85. The molecule has 8 nitrogen and oxygen atoms in total. The number of aromatic carboxylic acids is 1. The molecule has 3 heterocycles. The fraction of sp³-hybridized carbons (Fsp3) is 0.125. The molecule has 42 heavy (non-hydrogen) atoms. The molecule has 10 heteroatoms. The van der Waals surface area contributed by atoms with Crippen LogP contribution >= 0.6 is 23.8 Å². The Morgan fingerprint density at radius 2 is 1.83 bits per heavy atom. The molecule has 2 unspecified atom stereocenters. The molecule has 2 aromatic heterocycles. The van der Waals surface area contributed by atoms with Crippen LogP contribution in [-0.4, -0.2) is 38.5 Å². The number of furan rings is 1. The van der Waals surface area contributed by atoms with Crippen LogP contribution < -0.4 is 10.6 Å². The summed E-state index contributed by atoms with van der Waals surface area (Å²) in [4.78, 5) is 31.1. The number of amides is 1. The number of carbonyl (C=O) groups excluding carboxylic acids is 1. The number of hydrogen-bond acceptors (Lipinski definition) is 5. The van der Waals surface area contributed by atoms with E-state index in [-0.39, 0.29) is 23.9 Å². The molecule has 0 bridgehead atoms. The summed E-state index contributed by atoms with van der Waals surface area (Å²) in [5.74, 6) is -0.219. The maximum atomic E-state index is 13.1. The molecule has 0 spiro atoms. The highest BCUT2D eigenvalue weighted by molar-refractivity contribution is 7.80. The van der Waals surface area contributed by atoms with Crippen molar-refractivity contribution in [3.05, 3.63) is 119 Å². The first-order valence-corrected chi connectivity index (χ1v) is 14.1. The summed E-state index contributed by atoms with van der Waals surface area (Å²) in [5, 5.41) is 18.7. The van der Waals surface area contributed by atoms with Crippen molar-refractivity contribution < 1.29 is 19.1 Å². The van der Waals surface area contributed by atoms with Crippen molar-refractivity contribution >= 4 is 57.3 Å². The summed E-state index contributed by atoms with van der Waals surface area (Å²) in [6.07, 6.45) is 1.89. The maximum Gasteiger partial charge on any atom is 0.335 e. The molecule has 1 fully saturated rings. The highest BCUT2D eigenvalue weighted by Gasteiger charge is 2.41. The van der Waals surface area contributed by atoms with Gasteiger partial charge in [0.1, 0.15) is 17.6 Å². The van der Waals surface area contributed by atoms with Gasteiger partial charge in [-0.2, -0.15) is 0 Å². The van der Waals surface area contributed by atoms with E-state index in [2.05, 4.69) is 15.6 Å². The van der Waals surface area contributed by atoms with E-state index in [1.54, 1.807) is 12.3 Å². The van der Waals surface area contributed by atoms with Gasteiger partial charge in [0.2, 0.25) is 5.91 Å². The largest absolute Gasteiger partial charge is 0.478 e. The summed E-state index contributed by atoms with van der Waals surface area (Å²) >= 11 is 12.2. The number of halogens is 1. The smallest absolute Gasteiger partial charge is 0.335 e. The summed E-state index contributed by atoms with van der Waals surface area (Å²) in [5.41, 5.74) is 2.07. The Bertz CT molecular complexity index is 1800. The lowest BCUT2D eigenvalue weighted by molar-refractivity contribution is -0.116. The lowest BCUT2D eigenvalue weighted by Gasteiger charge is -2.26. The number of thiocarbonyl (C=S) groups is 1. The number of fused-ring (bicyclic) bond motifs is 1. The number of nitrogens with zero attached hydrogens (tertiary/aromatic N) is 2. The van der Waals surface area contributed by atoms with Crippen LogP contribution in [0.2, 0.25) is 5.02 Å². The van der Waals surface area contributed by atoms with Gasteiger partial charge in [0.15, 0.2) is 5.11 Å². The fourth-order valence-electron chi connectivity index (χ4n) is 5.23. The second-order valence-electron chi connectivity index (χ2n) is 9.85. The van der Waals surface area contributed by atoms with Gasteiger partial charge in [-0.25, -0.2) is 4.79 Å². The van der Waals surface area contributed by atoms with Gasteiger partial charge in [0.25, 0.3) is 0 Å². The van der Waals surface area contributed by atoms with Crippen LogP contribution in [0.25, 0.3) is 22.1 Å². The number of aromatic nitrogens is 1. The maximum absolute atomic E-state index is 13.1. The molecule has 210 valence electrons. The average Bonchev–Trinajstić information content (AvgIpc) is 3.61. The summed E-state index contributed by atoms with van der Waals surface area (Å²) in [6, 6.07) is 26.6. The fourth-order valence-corrected chi connectivity index (χ4v) is 5.77. The SMILES string of the molecule is O=C(CCN1C(=S)NC(c2ccccn2)C1c1ccc(-c2cc(C(=O)O)ccc2Cl)o1)Nc1cccc2ccccc12. The molecule has 3 aromatic carbocycles. The van der Waals surface area contributed by atoms with Crippen molar-refractivity contribution in [3.63, 3.8) is 0 Å². The van der Waals surface area contributed by atoms with Crippen LogP contribution in [-0.2, 0) is 4.79 Å². The molecule has 0 aliphatic carbocycles. The van der Waals surface area contributed by atoms with Crippen LogP contribution in [0.3, 0.4) is 0 Å². The van der Waals surface area contributed by atoms with Gasteiger partial charge in [-0.3, -0.25) is 9.78 Å². The summed E-state index contributed by atoms with van der Waals surface area (Å²) in [6.45, 7) is 0.321. The molecule has 6 rings (SSSR count). The number of anilines is 1. The van der Waals surface area contributed by atoms with Crippen LogP contribution in [0.15, 0.2) is 102 Å². The van der Waals surface area contributed by atoms with E-state index in [1.165, 1.54) is 18.2 Å². The van der Waals surface area contributed by atoms with Gasteiger partial charge < -0.3 is 25.1 Å². The van der Waals surface area contributed by atoms with Gasteiger partial charge in [0, 0.05) is 35.8 Å². The monoisotopic (exact) mass is 596 g/mol. The number of carboxylic acids is 1. The lowest BCUT2D eigenvalue weighted by Crippen LogP contribution is -2.32. The third-order valence-electron chi connectivity index (χ3n) is 7.24. The first-order valence-electron chi connectivity index (χ1n) is 13.3. The first-order chi connectivity index (χ1) is 20.4. The molecule has 0 saturated carbocycles. The number of carbonyl (C=O) groups is 2. The van der Waals surface area contributed by atoms with Gasteiger partial charge in [-0.05, 0) is 66.1 Å². The summed E-state index contributed by atoms with van der Waals surface area (Å²) < 4.78 is 6.30. The van der Waals surface area contributed by atoms with Crippen molar-refractivity contribution in [2.24, 2.45) is 0 Å². The van der Waals surface area contributed by atoms with Gasteiger partial charge in [0.05, 0.1) is 22.3 Å². The number of nitrogens with one attached hydrogen (secondary N) is 2. The Balaban J connectivity index is 1.28. The van der Waals surface area contributed by atoms with Gasteiger partial charge in [-0.1, -0.05) is 54.1 Å². The van der Waals surface area contributed by atoms with E-state index in [9.17, 15) is 14.7 Å². The zero-order chi connectivity index (χ0) is 29.2. The minimum Gasteiger partial charge on any atom is -0.478 e. The zero-order valence-electron chi connectivity index (χ0n) is 22.2. The molecule has 1 saturated heterocycles. The quantitative estimate of drug-likeness (QED) is 0.167.